The molecular weight excluding hydrogens is 294 g/mol. The molecule has 2 N–H and O–H groups in total. The average Bonchev–Trinajstić information content (AvgIpc) is 2.47. The van der Waals surface area contributed by atoms with E-state index < -0.39 is 5.82 Å². The van der Waals surface area contributed by atoms with Crippen LogP contribution in [0.3, 0.4) is 0 Å². The summed E-state index contributed by atoms with van der Waals surface area (Å²) in [5, 5.41) is 0.0604. The number of hydrogen-bond donors (Lipinski definition) is 1. The molecule has 0 aliphatic carbocycles. The summed E-state index contributed by atoms with van der Waals surface area (Å²) >= 11 is 5.81. The van der Waals surface area contributed by atoms with Gasteiger partial charge in [0.1, 0.15) is 11.6 Å². The first kappa shape index (κ1) is 15.9. The van der Waals surface area contributed by atoms with Gasteiger partial charge in [-0.1, -0.05) is 41.9 Å². The van der Waals surface area contributed by atoms with Gasteiger partial charge in [0.2, 0.25) is 0 Å². The van der Waals surface area contributed by atoms with Crippen LogP contribution in [0.5, 0.6) is 0 Å². The first-order valence-corrected chi connectivity index (χ1v) is 7.00. The lowest BCUT2D eigenvalue weighted by Crippen LogP contribution is -2.31. The molecule has 0 heterocycles. The Morgan fingerprint density at radius 2 is 1.86 bits per heavy atom. The van der Waals surface area contributed by atoms with Crippen molar-refractivity contribution >= 4 is 11.6 Å². The van der Waals surface area contributed by atoms with Crippen LogP contribution in [0.25, 0.3) is 0 Å². The zero-order valence-electron chi connectivity index (χ0n) is 11.7. The maximum atomic E-state index is 14.1. The second-order valence-electron chi connectivity index (χ2n) is 4.90. The van der Waals surface area contributed by atoms with E-state index in [-0.39, 0.29) is 23.4 Å². The highest BCUT2D eigenvalue weighted by atomic mass is 35.5. The lowest BCUT2D eigenvalue weighted by molar-refractivity contribution is 0.234. The molecule has 0 spiro atoms. The van der Waals surface area contributed by atoms with Gasteiger partial charge in [0.05, 0.1) is 11.1 Å². The lowest BCUT2D eigenvalue weighted by atomic mass is 10.0. The molecule has 2 aromatic carbocycles. The predicted molar refractivity (Wildman–Crippen MR) is 81.1 cm³/mol. The van der Waals surface area contributed by atoms with E-state index in [4.69, 9.17) is 17.3 Å². The van der Waals surface area contributed by atoms with Crippen LogP contribution in [0.15, 0.2) is 42.5 Å². The van der Waals surface area contributed by atoms with Crippen molar-refractivity contribution in [3.63, 3.8) is 0 Å². The van der Waals surface area contributed by atoms with Gasteiger partial charge in [-0.15, -0.1) is 0 Å². The van der Waals surface area contributed by atoms with Crippen LogP contribution in [0.1, 0.15) is 17.2 Å². The van der Waals surface area contributed by atoms with Gasteiger partial charge in [-0.05, 0) is 19.2 Å². The van der Waals surface area contributed by atoms with Gasteiger partial charge in [0, 0.05) is 24.2 Å². The van der Waals surface area contributed by atoms with Gasteiger partial charge in [-0.3, -0.25) is 4.90 Å². The Bertz CT molecular complexity index is 619. The highest BCUT2D eigenvalue weighted by Gasteiger charge is 2.21. The monoisotopic (exact) mass is 310 g/mol. The quantitative estimate of drug-likeness (QED) is 0.911. The molecule has 0 aromatic heterocycles. The van der Waals surface area contributed by atoms with Crippen molar-refractivity contribution in [1.82, 2.24) is 4.90 Å². The number of halogens is 3. The number of hydrogen-bond acceptors (Lipinski definition) is 2. The van der Waals surface area contributed by atoms with Crippen LogP contribution in [-0.2, 0) is 6.54 Å². The SMILES string of the molecule is CN(Cc1ccccc1F)C(CN)c1cccc(Cl)c1F. The zero-order chi connectivity index (χ0) is 15.4. The minimum Gasteiger partial charge on any atom is -0.329 e. The van der Waals surface area contributed by atoms with E-state index in [1.54, 1.807) is 37.4 Å². The molecule has 1 unspecified atom stereocenters. The minimum atomic E-state index is -0.477. The number of nitrogens with two attached hydrogens (primary N) is 1. The first-order valence-electron chi connectivity index (χ1n) is 6.62. The molecule has 0 radical (unpaired) electrons. The number of benzene rings is 2. The highest BCUT2D eigenvalue weighted by molar-refractivity contribution is 6.30. The van der Waals surface area contributed by atoms with E-state index in [0.29, 0.717) is 17.7 Å². The molecule has 1 atom stereocenters. The third-order valence-corrected chi connectivity index (χ3v) is 3.77. The third kappa shape index (κ3) is 3.59. The van der Waals surface area contributed by atoms with Gasteiger partial charge in [0.25, 0.3) is 0 Å². The van der Waals surface area contributed by atoms with Crippen molar-refractivity contribution < 1.29 is 8.78 Å². The Morgan fingerprint density at radius 3 is 2.52 bits per heavy atom. The van der Waals surface area contributed by atoms with Crippen LogP contribution < -0.4 is 5.73 Å². The molecule has 0 saturated carbocycles. The van der Waals surface area contributed by atoms with Crippen molar-refractivity contribution in [2.45, 2.75) is 12.6 Å². The maximum absolute atomic E-state index is 14.1. The molecule has 0 saturated heterocycles. The van der Waals surface area contributed by atoms with Crippen LogP contribution in [0.4, 0.5) is 8.78 Å². The molecule has 112 valence electrons. The van der Waals surface area contributed by atoms with Crippen molar-refractivity contribution in [3.05, 3.63) is 70.2 Å². The summed E-state index contributed by atoms with van der Waals surface area (Å²) in [5.41, 5.74) is 6.73. The number of likely N-dealkylation sites (N-methyl/N-ethyl adjacent to an activating group) is 1. The van der Waals surface area contributed by atoms with Crippen molar-refractivity contribution in [2.24, 2.45) is 5.73 Å². The number of nitrogens with zero attached hydrogens (tertiary/aromatic N) is 1. The fourth-order valence-corrected chi connectivity index (χ4v) is 2.51. The van der Waals surface area contributed by atoms with Gasteiger partial charge < -0.3 is 5.73 Å². The fourth-order valence-electron chi connectivity index (χ4n) is 2.33. The smallest absolute Gasteiger partial charge is 0.146 e. The Kier molecular flexibility index (Phi) is 5.28. The summed E-state index contributed by atoms with van der Waals surface area (Å²) in [4.78, 5) is 1.81. The third-order valence-electron chi connectivity index (χ3n) is 3.47. The number of rotatable bonds is 5. The largest absolute Gasteiger partial charge is 0.329 e. The van der Waals surface area contributed by atoms with E-state index in [1.807, 2.05) is 4.90 Å². The van der Waals surface area contributed by atoms with Crippen LogP contribution >= 0.6 is 11.6 Å². The van der Waals surface area contributed by atoms with E-state index in [2.05, 4.69) is 0 Å². The second kappa shape index (κ2) is 6.98. The van der Waals surface area contributed by atoms with Gasteiger partial charge in [-0.25, -0.2) is 8.78 Å². The Hall–Kier alpha value is -1.49. The molecule has 0 fully saturated rings. The molecule has 0 bridgehead atoms. The molecule has 0 aliphatic rings. The summed E-state index contributed by atoms with van der Waals surface area (Å²) in [6.45, 7) is 0.544. The zero-order valence-corrected chi connectivity index (χ0v) is 12.4. The Labute approximate surface area is 128 Å². The Balaban J connectivity index is 2.25. The normalized spacial score (nSPS) is 12.7. The minimum absolute atomic E-state index is 0.0604. The average molecular weight is 311 g/mol. The topological polar surface area (TPSA) is 29.3 Å². The van der Waals surface area contributed by atoms with E-state index in [1.165, 1.54) is 12.1 Å². The Morgan fingerprint density at radius 1 is 1.14 bits per heavy atom. The molecule has 0 amide bonds. The van der Waals surface area contributed by atoms with E-state index >= 15 is 0 Å². The van der Waals surface area contributed by atoms with Crippen LogP contribution in [0.2, 0.25) is 5.02 Å². The molecule has 2 rings (SSSR count). The van der Waals surface area contributed by atoms with Crippen LogP contribution in [-0.4, -0.2) is 18.5 Å². The molecule has 2 aromatic rings. The van der Waals surface area contributed by atoms with Crippen molar-refractivity contribution in [3.8, 4) is 0 Å². The van der Waals surface area contributed by atoms with Gasteiger partial charge >= 0.3 is 0 Å². The summed E-state index contributed by atoms with van der Waals surface area (Å²) in [5.74, 6) is -0.762. The van der Waals surface area contributed by atoms with E-state index in [9.17, 15) is 8.78 Å². The highest BCUT2D eigenvalue weighted by Crippen LogP contribution is 2.27. The van der Waals surface area contributed by atoms with E-state index in [0.717, 1.165) is 0 Å². The molecule has 2 nitrogen and oxygen atoms in total. The summed E-state index contributed by atoms with van der Waals surface area (Å²) < 4.78 is 27.8. The summed E-state index contributed by atoms with van der Waals surface area (Å²) in [6.07, 6.45) is 0. The van der Waals surface area contributed by atoms with Crippen LogP contribution in [0, 0.1) is 11.6 Å². The molecule has 5 heteroatoms. The predicted octanol–water partition coefficient (Wildman–Crippen LogP) is 3.75. The standard InChI is InChI=1S/C16H17ClF2N2/c1-21(10-11-5-2-3-8-14(11)18)15(9-20)12-6-4-7-13(17)16(12)19/h2-8,15H,9-10,20H2,1H3. The molecule has 21 heavy (non-hydrogen) atoms. The maximum Gasteiger partial charge on any atom is 0.146 e. The second-order valence-corrected chi connectivity index (χ2v) is 5.31. The van der Waals surface area contributed by atoms with Crippen molar-refractivity contribution in [2.75, 3.05) is 13.6 Å². The first-order chi connectivity index (χ1) is 10.0. The van der Waals surface area contributed by atoms with Gasteiger partial charge in [0.15, 0.2) is 0 Å². The molecular formula is C16H17ClF2N2. The summed E-state index contributed by atoms with van der Waals surface area (Å²) in [7, 11) is 1.78. The summed E-state index contributed by atoms with van der Waals surface area (Å²) in [6, 6.07) is 11.0. The molecule has 0 aliphatic heterocycles. The van der Waals surface area contributed by atoms with Crippen molar-refractivity contribution in [1.29, 1.82) is 0 Å². The van der Waals surface area contributed by atoms with Gasteiger partial charge in [-0.2, -0.15) is 0 Å². The lowest BCUT2D eigenvalue weighted by Gasteiger charge is -2.28. The fraction of sp³-hybridized carbons (Fsp3) is 0.250.